The van der Waals surface area contributed by atoms with E-state index in [0.29, 0.717) is 0 Å². The van der Waals surface area contributed by atoms with Gasteiger partial charge in [0.2, 0.25) is 0 Å². The summed E-state index contributed by atoms with van der Waals surface area (Å²) < 4.78 is 0. The van der Waals surface area contributed by atoms with Gasteiger partial charge < -0.3 is 9.80 Å². The molecule has 10 aromatic carbocycles. The standard InChI is InChI=1S/C77H64N2S/c1-47-42-72(48-26-30-50(31-27-48)78(52-34-38-60-56-18-10-14-22-64(56)74(2,3)68(60)43-52)53-35-39-61-57-19-11-15-23-65(57)75(4,5)69(61)44-53)80-73(47)49-28-32-51(33-29-49)79(54-36-40-62-58-20-12-16-24-66(58)76(6,7)70(62)45-54)55-37-41-63-59-21-13-17-25-67(59)77(8,9)71(63)46-55/h10-46H,1-9H3. The summed E-state index contributed by atoms with van der Waals surface area (Å²) in [7, 11) is 0. The first-order chi connectivity index (χ1) is 38.6. The van der Waals surface area contributed by atoms with Crippen molar-refractivity contribution < 1.29 is 0 Å². The Morgan fingerprint density at radius 2 is 0.525 bits per heavy atom. The molecule has 4 aliphatic rings. The Morgan fingerprint density at radius 3 is 0.838 bits per heavy atom. The predicted octanol–water partition coefficient (Wildman–Crippen LogP) is 21.6. The Balaban J connectivity index is 0.782. The lowest BCUT2D eigenvalue weighted by Gasteiger charge is -2.30. The predicted molar refractivity (Wildman–Crippen MR) is 340 cm³/mol. The number of nitrogens with zero attached hydrogens (tertiary/aromatic N) is 2. The summed E-state index contributed by atoms with van der Waals surface area (Å²) in [5.41, 5.74) is 31.9. The van der Waals surface area contributed by atoms with Crippen molar-refractivity contribution in [3.05, 3.63) is 275 Å². The van der Waals surface area contributed by atoms with Gasteiger partial charge in [-0.15, -0.1) is 11.3 Å². The molecule has 0 amide bonds. The second kappa shape index (κ2) is 17.3. The molecule has 2 nitrogen and oxygen atoms in total. The molecule has 0 saturated carbocycles. The van der Waals surface area contributed by atoms with Gasteiger partial charge in [0.25, 0.3) is 0 Å². The van der Waals surface area contributed by atoms with Crippen LogP contribution in [0.15, 0.2) is 224 Å². The first kappa shape index (κ1) is 48.6. The summed E-state index contributed by atoms with van der Waals surface area (Å²) in [5, 5.41) is 0. The molecular weight excluding hydrogens is 985 g/mol. The highest BCUT2D eigenvalue weighted by molar-refractivity contribution is 7.19. The van der Waals surface area contributed by atoms with E-state index in [1.54, 1.807) is 0 Å². The number of anilines is 6. The maximum Gasteiger partial charge on any atom is 0.0465 e. The number of fused-ring (bicyclic) bond motifs is 12. The van der Waals surface area contributed by atoms with Gasteiger partial charge in [0.15, 0.2) is 0 Å². The van der Waals surface area contributed by atoms with E-state index in [-0.39, 0.29) is 21.7 Å². The molecule has 0 N–H and O–H groups in total. The van der Waals surface area contributed by atoms with Crippen LogP contribution in [0.2, 0.25) is 0 Å². The maximum absolute atomic E-state index is 2.48. The van der Waals surface area contributed by atoms with Gasteiger partial charge in [-0.25, -0.2) is 0 Å². The third-order valence-corrected chi connectivity index (χ3v) is 20.4. The van der Waals surface area contributed by atoms with Gasteiger partial charge in [0.1, 0.15) is 0 Å². The highest BCUT2D eigenvalue weighted by Gasteiger charge is 2.40. The van der Waals surface area contributed by atoms with Crippen molar-refractivity contribution in [1.82, 2.24) is 0 Å². The molecule has 0 spiro atoms. The van der Waals surface area contributed by atoms with Gasteiger partial charge in [-0.2, -0.15) is 0 Å². The summed E-state index contributed by atoms with van der Waals surface area (Å²) >= 11 is 1.88. The Hall–Kier alpha value is -8.50. The topological polar surface area (TPSA) is 6.48 Å². The Labute approximate surface area is 476 Å². The molecule has 388 valence electrons. The van der Waals surface area contributed by atoms with Crippen LogP contribution < -0.4 is 9.80 Å². The molecule has 0 aliphatic heterocycles. The van der Waals surface area contributed by atoms with E-state index in [0.717, 1.165) is 22.7 Å². The Bertz CT molecular complexity index is 4160. The third-order valence-electron chi connectivity index (χ3n) is 19.0. The van der Waals surface area contributed by atoms with Crippen LogP contribution in [0, 0.1) is 6.92 Å². The van der Waals surface area contributed by atoms with Gasteiger partial charge in [0, 0.05) is 65.5 Å². The van der Waals surface area contributed by atoms with E-state index in [1.807, 2.05) is 11.3 Å². The summed E-state index contributed by atoms with van der Waals surface area (Å²) in [4.78, 5) is 7.51. The maximum atomic E-state index is 2.48. The van der Waals surface area contributed by atoms with E-state index in [4.69, 9.17) is 0 Å². The molecule has 0 fully saturated rings. The summed E-state index contributed by atoms with van der Waals surface area (Å²) in [6.45, 7) is 21.3. The summed E-state index contributed by atoms with van der Waals surface area (Å²) in [5.74, 6) is 0. The number of rotatable bonds is 8. The van der Waals surface area contributed by atoms with Crippen molar-refractivity contribution in [2.24, 2.45) is 0 Å². The molecule has 0 saturated heterocycles. The molecule has 0 radical (unpaired) electrons. The van der Waals surface area contributed by atoms with Crippen LogP contribution in [0.4, 0.5) is 34.1 Å². The van der Waals surface area contributed by atoms with Crippen LogP contribution in [0.3, 0.4) is 0 Å². The molecule has 80 heavy (non-hydrogen) atoms. The molecule has 4 aliphatic carbocycles. The largest absolute Gasteiger partial charge is 0.310 e. The lowest BCUT2D eigenvalue weighted by atomic mass is 9.82. The van der Waals surface area contributed by atoms with Crippen LogP contribution in [0.1, 0.15) is 105 Å². The fraction of sp³-hybridized carbons (Fsp3) is 0.169. The van der Waals surface area contributed by atoms with Gasteiger partial charge in [0.05, 0.1) is 0 Å². The molecule has 1 heterocycles. The highest BCUT2D eigenvalue weighted by atomic mass is 32.1. The molecule has 3 heteroatoms. The molecule has 11 aromatic rings. The van der Waals surface area contributed by atoms with E-state index < -0.39 is 0 Å². The average Bonchev–Trinajstić information content (AvgIpc) is 4.25. The molecule has 0 unspecified atom stereocenters. The van der Waals surface area contributed by atoms with Crippen LogP contribution >= 0.6 is 11.3 Å². The quantitative estimate of drug-likeness (QED) is 0.150. The number of aryl methyl sites for hydroxylation is 1. The van der Waals surface area contributed by atoms with Gasteiger partial charge in [-0.3, -0.25) is 0 Å². The van der Waals surface area contributed by atoms with Crippen molar-refractivity contribution >= 4 is 45.5 Å². The first-order valence-corrected chi connectivity index (χ1v) is 29.3. The lowest BCUT2D eigenvalue weighted by molar-refractivity contribution is 0.659. The minimum atomic E-state index is -0.118. The molecule has 15 rings (SSSR count). The molecule has 0 atom stereocenters. The van der Waals surface area contributed by atoms with Crippen molar-refractivity contribution in [3.8, 4) is 65.4 Å². The van der Waals surface area contributed by atoms with Crippen LogP contribution in [0.5, 0.6) is 0 Å². The number of thiophene rings is 1. The molecule has 1 aromatic heterocycles. The zero-order valence-corrected chi connectivity index (χ0v) is 48.0. The first-order valence-electron chi connectivity index (χ1n) is 28.5. The minimum Gasteiger partial charge on any atom is -0.310 e. The van der Waals surface area contributed by atoms with E-state index in [2.05, 4.69) is 297 Å². The SMILES string of the molecule is Cc1cc(-c2ccc(N(c3ccc4c(c3)C(C)(C)c3ccccc3-4)c3ccc4c(c3)C(C)(C)c3ccccc3-4)cc2)sc1-c1ccc(N(c2ccc3c(c2)C(C)(C)c2ccccc2-3)c2ccc3c(c2)C(C)(C)c2ccccc2-3)cc1. The number of hydrogen-bond acceptors (Lipinski definition) is 3. The van der Waals surface area contributed by atoms with E-state index in [1.165, 1.54) is 127 Å². The molecule has 0 bridgehead atoms. The van der Waals surface area contributed by atoms with Crippen molar-refractivity contribution in [2.75, 3.05) is 9.80 Å². The van der Waals surface area contributed by atoms with E-state index in [9.17, 15) is 0 Å². The molecular formula is C77H64N2S. The number of hydrogen-bond donors (Lipinski definition) is 0. The summed E-state index contributed by atoms with van der Waals surface area (Å²) in [6, 6.07) is 85.3. The number of benzene rings is 10. The Kier molecular flexibility index (Phi) is 10.5. The normalized spacial score (nSPS) is 15.5. The van der Waals surface area contributed by atoms with Crippen LogP contribution in [-0.4, -0.2) is 0 Å². The van der Waals surface area contributed by atoms with Crippen molar-refractivity contribution in [1.29, 1.82) is 0 Å². The van der Waals surface area contributed by atoms with Gasteiger partial charge in [-0.05, 0) is 191 Å². The fourth-order valence-electron chi connectivity index (χ4n) is 14.7. The summed E-state index contributed by atoms with van der Waals surface area (Å²) in [6.07, 6.45) is 0. The Morgan fingerprint density at radius 1 is 0.263 bits per heavy atom. The van der Waals surface area contributed by atoms with E-state index >= 15 is 0 Å². The van der Waals surface area contributed by atoms with Gasteiger partial charge >= 0.3 is 0 Å². The third kappa shape index (κ3) is 7.02. The fourth-order valence-corrected chi connectivity index (χ4v) is 15.9. The van der Waals surface area contributed by atoms with Crippen LogP contribution in [0.25, 0.3) is 65.4 Å². The van der Waals surface area contributed by atoms with Crippen molar-refractivity contribution in [2.45, 2.75) is 84.0 Å². The minimum absolute atomic E-state index is 0.117. The lowest BCUT2D eigenvalue weighted by Crippen LogP contribution is -2.18. The monoisotopic (exact) mass is 1050 g/mol. The highest BCUT2D eigenvalue weighted by Crippen LogP contribution is 2.56. The smallest absolute Gasteiger partial charge is 0.0465 e. The zero-order valence-electron chi connectivity index (χ0n) is 47.2. The van der Waals surface area contributed by atoms with Gasteiger partial charge in [-0.1, -0.05) is 201 Å². The average molecular weight is 1050 g/mol. The second-order valence-electron chi connectivity index (χ2n) is 25.0. The van der Waals surface area contributed by atoms with Crippen LogP contribution in [-0.2, 0) is 21.7 Å². The second-order valence-corrected chi connectivity index (χ2v) is 26.0. The zero-order chi connectivity index (χ0) is 54.6. The van der Waals surface area contributed by atoms with Crippen molar-refractivity contribution in [3.63, 3.8) is 0 Å².